The number of aromatic nitrogens is 1. The quantitative estimate of drug-likeness (QED) is 0.826. The lowest BCUT2D eigenvalue weighted by atomic mass is 10.00. The van der Waals surface area contributed by atoms with Crippen molar-refractivity contribution in [2.45, 2.75) is 45.2 Å². The molecule has 1 aromatic heterocycles. The van der Waals surface area contributed by atoms with Crippen molar-refractivity contribution in [3.63, 3.8) is 0 Å². The molecule has 1 aliphatic rings. The van der Waals surface area contributed by atoms with Gasteiger partial charge in [-0.1, -0.05) is 12.8 Å². The molecule has 0 amide bonds. The first-order chi connectivity index (χ1) is 6.86. The van der Waals surface area contributed by atoms with Gasteiger partial charge in [0.15, 0.2) is 0 Å². The molecule has 0 aromatic carbocycles. The molecule has 3 heteroatoms. The highest BCUT2D eigenvalue weighted by Crippen LogP contribution is 2.27. The van der Waals surface area contributed by atoms with Gasteiger partial charge in [-0.2, -0.15) is 0 Å². The van der Waals surface area contributed by atoms with Crippen molar-refractivity contribution >= 4 is 11.3 Å². The standard InChI is InChI=1S/C11H18N2S/c1-9(10-4-2-3-5-10)12-6-11-7-14-8-13-11/h7-10,12H,2-6H2,1H3/t9-/m0/s1. The summed E-state index contributed by atoms with van der Waals surface area (Å²) in [6.45, 7) is 3.24. The Balaban J connectivity index is 1.74. The Hall–Kier alpha value is -0.410. The fourth-order valence-corrected chi connectivity index (χ4v) is 2.77. The first-order valence-electron chi connectivity index (χ1n) is 5.46. The van der Waals surface area contributed by atoms with E-state index in [1.807, 2.05) is 5.51 Å². The Morgan fingerprint density at radius 3 is 3.00 bits per heavy atom. The van der Waals surface area contributed by atoms with E-state index in [0.29, 0.717) is 6.04 Å². The van der Waals surface area contributed by atoms with Gasteiger partial charge < -0.3 is 5.32 Å². The van der Waals surface area contributed by atoms with E-state index in [9.17, 15) is 0 Å². The van der Waals surface area contributed by atoms with E-state index < -0.39 is 0 Å². The molecule has 2 rings (SSSR count). The molecule has 0 saturated heterocycles. The molecule has 1 N–H and O–H groups in total. The maximum absolute atomic E-state index is 4.27. The molecule has 0 aliphatic heterocycles. The van der Waals surface area contributed by atoms with Gasteiger partial charge in [0, 0.05) is 18.0 Å². The summed E-state index contributed by atoms with van der Waals surface area (Å²) < 4.78 is 0. The van der Waals surface area contributed by atoms with Crippen molar-refractivity contribution in [2.24, 2.45) is 5.92 Å². The van der Waals surface area contributed by atoms with E-state index in [1.165, 1.54) is 31.4 Å². The summed E-state index contributed by atoms with van der Waals surface area (Å²) in [7, 11) is 0. The zero-order valence-electron chi connectivity index (χ0n) is 8.70. The lowest BCUT2D eigenvalue weighted by molar-refractivity contribution is 0.379. The van der Waals surface area contributed by atoms with Gasteiger partial charge in [-0.15, -0.1) is 11.3 Å². The highest BCUT2D eigenvalue weighted by Gasteiger charge is 2.20. The van der Waals surface area contributed by atoms with Crippen LogP contribution in [0.4, 0.5) is 0 Å². The van der Waals surface area contributed by atoms with Crippen molar-refractivity contribution in [3.05, 3.63) is 16.6 Å². The van der Waals surface area contributed by atoms with E-state index in [-0.39, 0.29) is 0 Å². The number of nitrogens with one attached hydrogen (secondary N) is 1. The normalized spacial score (nSPS) is 20.1. The van der Waals surface area contributed by atoms with Crippen molar-refractivity contribution in [2.75, 3.05) is 0 Å². The molecule has 0 bridgehead atoms. The maximum Gasteiger partial charge on any atom is 0.0795 e. The summed E-state index contributed by atoms with van der Waals surface area (Å²) in [4.78, 5) is 4.27. The predicted molar refractivity (Wildman–Crippen MR) is 60.4 cm³/mol. The van der Waals surface area contributed by atoms with Gasteiger partial charge in [0.2, 0.25) is 0 Å². The molecule has 1 fully saturated rings. The summed E-state index contributed by atoms with van der Waals surface area (Å²) >= 11 is 1.67. The van der Waals surface area contributed by atoms with Gasteiger partial charge in [0.05, 0.1) is 11.2 Å². The minimum Gasteiger partial charge on any atom is -0.308 e. The summed E-state index contributed by atoms with van der Waals surface area (Å²) in [5.74, 6) is 0.897. The second kappa shape index (κ2) is 4.89. The molecule has 1 heterocycles. The number of thiazole rings is 1. The monoisotopic (exact) mass is 210 g/mol. The van der Waals surface area contributed by atoms with Crippen molar-refractivity contribution in [3.8, 4) is 0 Å². The van der Waals surface area contributed by atoms with Crippen LogP contribution in [0.1, 0.15) is 38.3 Å². The highest BCUT2D eigenvalue weighted by molar-refractivity contribution is 7.07. The Bertz CT molecular complexity index is 252. The van der Waals surface area contributed by atoms with Gasteiger partial charge >= 0.3 is 0 Å². The SMILES string of the molecule is C[C@H](NCc1cscn1)C1CCCC1. The van der Waals surface area contributed by atoms with E-state index in [1.54, 1.807) is 11.3 Å². The Morgan fingerprint density at radius 2 is 2.36 bits per heavy atom. The van der Waals surface area contributed by atoms with Gasteiger partial charge in [0.25, 0.3) is 0 Å². The van der Waals surface area contributed by atoms with Gasteiger partial charge in [0.1, 0.15) is 0 Å². The van der Waals surface area contributed by atoms with E-state index in [0.717, 1.165) is 12.5 Å². The number of rotatable bonds is 4. The van der Waals surface area contributed by atoms with Gasteiger partial charge in [-0.3, -0.25) is 0 Å². The van der Waals surface area contributed by atoms with Crippen LogP contribution in [0.3, 0.4) is 0 Å². The largest absolute Gasteiger partial charge is 0.308 e. The lowest BCUT2D eigenvalue weighted by Gasteiger charge is -2.19. The molecule has 1 aliphatic carbocycles. The van der Waals surface area contributed by atoms with Crippen molar-refractivity contribution in [1.82, 2.24) is 10.3 Å². The zero-order chi connectivity index (χ0) is 9.80. The van der Waals surface area contributed by atoms with Crippen LogP contribution in [0.25, 0.3) is 0 Å². The summed E-state index contributed by atoms with van der Waals surface area (Å²) in [6.07, 6.45) is 5.66. The number of hydrogen-bond acceptors (Lipinski definition) is 3. The molecule has 14 heavy (non-hydrogen) atoms. The average Bonchev–Trinajstić information content (AvgIpc) is 2.87. The van der Waals surface area contributed by atoms with Crippen LogP contribution in [0.5, 0.6) is 0 Å². The molecule has 0 radical (unpaired) electrons. The van der Waals surface area contributed by atoms with Crippen LogP contribution in [-0.2, 0) is 6.54 Å². The first kappa shape index (κ1) is 10.1. The summed E-state index contributed by atoms with van der Waals surface area (Å²) in [5, 5.41) is 5.69. The molecule has 2 nitrogen and oxygen atoms in total. The first-order valence-corrected chi connectivity index (χ1v) is 6.41. The molecular formula is C11H18N2S. The fourth-order valence-electron chi connectivity index (χ4n) is 2.21. The molecule has 1 atom stereocenters. The molecule has 78 valence electrons. The molecule has 1 aromatic rings. The maximum atomic E-state index is 4.27. The van der Waals surface area contributed by atoms with Crippen LogP contribution in [0.15, 0.2) is 10.9 Å². The molecule has 0 spiro atoms. The van der Waals surface area contributed by atoms with Crippen LogP contribution in [0.2, 0.25) is 0 Å². The average molecular weight is 210 g/mol. The summed E-state index contributed by atoms with van der Waals surface area (Å²) in [6, 6.07) is 0.652. The van der Waals surface area contributed by atoms with E-state index in [4.69, 9.17) is 0 Å². The van der Waals surface area contributed by atoms with Gasteiger partial charge in [-0.05, 0) is 25.7 Å². The molecule has 0 unspecified atom stereocenters. The second-order valence-corrected chi connectivity index (χ2v) is 4.91. The van der Waals surface area contributed by atoms with E-state index in [2.05, 4.69) is 22.6 Å². The van der Waals surface area contributed by atoms with Crippen LogP contribution in [-0.4, -0.2) is 11.0 Å². The third kappa shape index (κ3) is 2.55. The van der Waals surface area contributed by atoms with Crippen LogP contribution < -0.4 is 5.32 Å². The second-order valence-electron chi connectivity index (χ2n) is 4.19. The fraction of sp³-hybridized carbons (Fsp3) is 0.727. The van der Waals surface area contributed by atoms with Crippen molar-refractivity contribution in [1.29, 1.82) is 0 Å². The minimum atomic E-state index is 0.652. The van der Waals surface area contributed by atoms with Gasteiger partial charge in [-0.25, -0.2) is 4.98 Å². The van der Waals surface area contributed by atoms with E-state index >= 15 is 0 Å². The zero-order valence-corrected chi connectivity index (χ0v) is 9.52. The Morgan fingerprint density at radius 1 is 1.57 bits per heavy atom. The number of nitrogens with zero attached hydrogens (tertiary/aromatic N) is 1. The smallest absolute Gasteiger partial charge is 0.0795 e. The number of hydrogen-bond donors (Lipinski definition) is 1. The Labute approximate surface area is 89.8 Å². The summed E-state index contributed by atoms with van der Waals surface area (Å²) in [5.41, 5.74) is 3.08. The Kier molecular flexibility index (Phi) is 3.54. The molecular weight excluding hydrogens is 192 g/mol. The van der Waals surface area contributed by atoms with Crippen LogP contribution in [0, 0.1) is 5.92 Å². The highest BCUT2D eigenvalue weighted by atomic mass is 32.1. The topological polar surface area (TPSA) is 24.9 Å². The lowest BCUT2D eigenvalue weighted by Crippen LogP contribution is -2.31. The van der Waals surface area contributed by atoms with Crippen LogP contribution >= 0.6 is 11.3 Å². The predicted octanol–water partition coefficient (Wildman–Crippen LogP) is 2.81. The minimum absolute atomic E-state index is 0.652. The molecule has 1 saturated carbocycles. The third-order valence-corrected chi connectivity index (χ3v) is 3.83. The third-order valence-electron chi connectivity index (χ3n) is 3.20. The van der Waals surface area contributed by atoms with Crippen molar-refractivity contribution < 1.29 is 0 Å².